The van der Waals surface area contributed by atoms with Crippen LogP contribution in [0.4, 0.5) is 0 Å². The van der Waals surface area contributed by atoms with E-state index in [-0.39, 0.29) is 0 Å². The van der Waals surface area contributed by atoms with E-state index in [0.29, 0.717) is 0 Å². The quantitative estimate of drug-likeness (QED) is 0.476. The molecular formula is C10H22Se2. The molecule has 12 heavy (non-hydrogen) atoms. The second-order valence-electron chi connectivity index (χ2n) is 3.53. The van der Waals surface area contributed by atoms with E-state index in [4.69, 9.17) is 0 Å². The van der Waals surface area contributed by atoms with Crippen molar-refractivity contribution in [2.45, 2.75) is 57.1 Å². The van der Waals surface area contributed by atoms with Gasteiger partial charge >= 0.3 is 89.3 Å². The van der Waals surface area contributed by atoms with Crippen LogP contribution in [0.5, 0.6) is 0 Å². The van der Waals surface area contributed by atoms with Crippen molar-refractivity contribution in [1.29, 1.82) is 0 Å². The van der Waals surface area contributed by atoms with Gasteiger partial charge in [0.05, 0.1) is 0 Å². The van der Waals surface area contributed by atoms with Gasteiger partial charge in [-0.05, 0) is 0 Å². The summed E-state index contributed by atoms with van der Waals surface area (Å²) in [7, 11) is 0. The van der Waals surface area contributed by atoms with Crippen LogP contribution in [0, 0.1) is 5.92 Å². The van der Waals surface area contributed by atoms with Gasteiger partial charge in [-0.1, -0.05) is 0 Å². The second-order valence-corrected chi connectivity index (χ2v) is 11.4. The van der Waals surface area contributed by atoms with Crippen LogP contribution in [-0.2, 0) is 0 Å². The first kappa shape index (κ1) is 13.0. The molecule has 0 aliphatic carbocycles. The van der Waals surface area contributed by atoms with Crippen molar-refractivity contribution in [3.63, 3.8) is 0 Å². The Kier molecular flexibility index (Phi) is 11.0. The molecule has 0 aliphatic heterocycles. The Morgan fingerprint density at radius 3 is 2.25 bits per heavy atom. The zero-order valence-electron chi connectivity index (χ0n) is 8.64. The summed E-state index contributed by atoms with van der Waals surface area (Å²) < 4.78 is 0. The normalized spacial score (nSPS) is 11.0. The molecule has 0 saturated heterocycles. The standard InChI is InChI=1S/C10H22Se2/c1-4-5-6-8-11-12-9-7-10(2)3/h10H,4-9H2,1-3H3. The Hall–Kier alpha value is 1.04. The van der Waals surface area contributed by atoms with Crippen molar-refractivity contribution in [2.75, 3.05) is 0 Å². The van der Waals surface area contributed by atoms with Crippen LogP contribution in [0.25, 0.3) is 0 Å². The van der Waals surface area contributed by atoms with Gasteiger partial charge in [-0.2, -0.15) is 0 Å². The maximum absolute atomic E-state index is 2.33. The Bertz CT molecular complexity index is 81.9. The van der Waals surface area contributed by atoms with Crippen LogP contribution in [0.15, 0.2) is 0 Å². The summed E-state index contributed by atoms with van der Waals surface area (Å²) in [5, 5.41) is 3.09. The van der Waals surface area contributed by atoms with E-state index in [9.17, 15) is 0 Å². The van der Waals surface area contributed by atoms with Gasteiger partial charge in [0, 0.05) is 0 Å². The Balaban J connectivity index is 2.82. The summed E-state index contributed by atoms with van der Waals surface area (Å²) in [4.78, 5) is 0. The first-order valence-corrected chi connectivity index (χ1v) is 11.8. The third kappa shape index (κ3) is 11.0. The van der Waals surface area contributed by atoms with Crippen molar-refractivity contribution >= 4 is 26.3 Å². The molecule has 0 nitrogen and oxygen atoms in total. The Morgan fingerprint density at radius 1 is 1.00 bits per heavy atom. The van der Waals surface area contributed by atoms with Gasteiger partial charge in [0.1, 0.15) is 0 Å². The topological polar surface area (TPSA) is 0 Å². The molecule has 0 rings (SSSR count). The van der Waals surface area contributed by atoms with E-state index in [1.165, 1.54) is 31.0 Å². The molecule has 2 heteroatoms. The molecule has 0 atom stereocenters. The van der Waals surface area contributed by atoms with Crippen LogP contribution in [0.1, 0.15) is 46.5 Å². The van der Waals surface area contributed by atoms with Gasteiger partial charge in [0.25, 0.3) is 0 Å². The van der Waals surface area contributed by atoms with Crippen molar-refractivity contribution < 1.29 is 0 Å². The fourth-order valence-corrected chi connectivity index (χ4v) is 8.08. The molecule has 0 radical (unpaired) electrons. The molecule has 0 aromatic heterocycles. The van der Waals surface area contributed by atoms with Crippen LogP contribution >= 0.6 is 0 Å². The molecule has 0 heterocycles. The monoisotopic (exact) mass is 302 g/mol. The summed E-state index contributed by atoms with van der Waals surface area (Å²) in [5.41, 5.74) is 0. The Labute approximate surface area is 89.1 Å². The van der Waals surface area contributed by atoms with Gasteiger partial charge in [-0.15, -0.1) is 0 Å². The van der Waals surface area contributed by atoms with Crippen LogP contribution in [-0.4, -0.2) is 26.3 Å². The van der Waals surface area contributed by atoms with Gasteiger partial charge in [-0.3, -0.25) is 0 Å². The molecule has 0 amide bonds. The average Bonchev–Trinajstić information content (AvgIpc) is 2.02. The summed E-state index contributed by atoms with van der Waals surface area (Å²) >= 11 is 2.04. The predicted octanol–water partition coefficient (Wildman–Crippen LogP) is 3.38. The number of hydrogen-bond donors (Lipinski definition) is 0. The minimum atomic E-state index is 0.929. The molecular weight excluding hydrogens is 278 g/mol. The van der Waals surface area contributed by atoms with Crippen molar-refractivity contribution in [2.24, 2.45) is 5.92 Å². The number of hydrogen-bond acceptors (Lipinski definition) is 0. The first-order chi connectivity index (χ1) is 5.77. The number of rotatable bonds is 8. The molecule has 0 unspecified atom stereocenters. The summed E-state index contributed by atoms with van der Waals surface area (Å²) in [5.74, 6) is 0.929. The third-order valence-corrected chi connectivity index (χ3v) is 9.29. The van der Waals surface area contributed by atoms with E-state index in [1.807, 2.05) is 0 Å². The molecule has 0 saturated carbocycles. The van der Waals surface area contributed by atoms with Crippen LogP contribution < -0.4 is 0 Å². The maximum atomic E-state index is 2.33. The van der Waals surface area contributed by atoms with Crippen molar-refractivity contribution in [3.05, 3.63) is 0 Å². The first-order valence-electron chi connectivity index (χ1n) is 5.01. The van der Waals surface area contributed by atoms with Crippen LogP contribution in [0.2, 0.25) is 10.6 Å². The fourth-order valence-electron chi connectivity index (χ4n) is 0.813. The molecule has 74 valence electrons. The van der Waals surface area contributed by atoms with E-state index in [2.05, 4.69) is 20.8 Å². The zero-order chi connectivity index (χ0) is 9.23. The molecule has 0 spiro atoms. The molecule has 0 bridgehead atoms. The fraction of sp³-hybridized carbons (Fsp3) is 1.00. The SMILES string of the molecule is CCCCC[Se][Se]CCC(C)C. The molecule has 0 aliphatic rings. The molecule has 0 N–H and O–H groups in total. The number of unbranched alkanes of at least 4 members (excludes halogenated alkanes) is 2. The second kappa shape index (κ2) is 10.1. The van der Waals surface area contributed by atoms with E-state index >= 15 is 0 Å². The summed E-state index contributed by atoms with van der Waals surface area (Å²) in [6, 6.07) is 0. The molecule has 0 fully saturated rings. The third-order valence-electron chi connectivity index (χ3n) is 1.69. The van der Waals surface area contributed by atoms with Gasteiger partial charge in [-0.25, -0.2) is 0 Å². The van der Waals surface area contributed by atoms with Gasteiger partial charge in [0.2, 0.25) is 0 Å². The molecule has 0 aromatic carbocycles. The predicted molar refractivity (Wildman–Crippen MR) is 60.1 cm³/mol. The van der Waals surface area contributed by atoms with Gasteiger partial charge < -0.3 is 0 Å². The van der Waals surface area contributed by atoms with E-state index < -0.39 is 0 Å². The minimum absolute atomic E-state index is 0.929. The van der Waals surface area contributed by atoms with E-state index in [1.54, 1.807) is 5.32 Å². The summed E-state index contributed by atoms with van der Waals surface area (Å²) in [6.07, 6.45) is 5.81. The van der Waals surface area contributed by atoms with Gasteiger partial charge in [0.15, 0.2) is 0 Å². The zero-order valence-corrected chi connectivity index (χ0v) is 12.1. The Morgan fingerprint density at radius 2 is 1.67 bits per heavy atom. The van der Waals surface area contributed by atoms with Crippen molar-refractivity contribution in [1.82, 2.24) is 0 Å². The molecule has 0 aromatic rings. The van der Waals surface area contributed by atoms with Crippen molar-refractivity contribution in [3.8, 4) is 0 Å². The average molecular weight is 300 g/mol. The summed E-state index contributed by atoms with van der Waals surface area (Å²) in [6.45, 7) is 6.96. The van der Waals surface area contributed by atoms with Crippen LogP contribution in [0.3, 0.4) is 0 Å². The van der Waals surface area contributed by atoms with E-state index in [0.717, 1.165) is 32.2 Å².